The van der Waals surface area contributed by atoms with Crippen LogP contribution in [-0.2, 0) is 24.7 Å². The van der Waals surface area contributed by atoms with Crippen LogP contribution in [0.2, 0.25) is 0 Å². The number of sulfone groups is 1. The lowest BCUT2D eigenvalue weighted by molar-refractivity contribution is -0.121. The van der Waals surface area contributed by atoms with Crippen molar-refractivity contribution >= 4 is 25.8 Å². The molecular weight excluding hydrogens is 376 g/mol. The number of hydrogen-bond acceptors (Lipinski definition) is 5. The van der Waals surface area contributed by atoms with Crippen molar-refractivity contribution in [1.82, 2.24) is 10.3 Å². The third-order valence-corrected chi connectivity index (χ3v) is 6.63. The Morgan fingerprint density at radius 2 is 1.27 bits per heavy atom. The number of benzene rings is 2. The molecule has 0 saturated carbocycles. The number of hydrazine groups is 1. The number of rotatable bonds is 7. The van der Waals surface area contributed by atoms with E-state index in [1.807, 2.05) is 24.1 Å². The fourth-order valence-electron chi connectivity index (χ4n) is 2.05. The van der Waals surface area contributed by atoms with Crippen molar-refractivity contribution in [2.45, 2.75) is 30.1 Å². The highest BCUT2D eigenvalue weighted by molar-refractivity contribution is 7.91. The standard InChI is InChI=1S/C17H20N2O5S2/c1-13-3-7-15(8-4-13)25(21,22)12-11-17(20)18-19-26(23,24)16-9-5-14(2)6-10-16/h3-10,19H,11-12H2,1-2H3,(H,18,20). The summed E-state index contributed by atoms with van der Waals surface area (Å²) in [6, 6.07) is 12.4. The van der Waals surface area contributed by atoms with Crippen LogP contribution in [0, 0.1) is 13.8 Å². The maximum Gasteiger partial charge on any atom is 0.257 e. The van der Waals surface area contributed by atoms with Gasteiger partial charge in [-0.05, 0) is 38.1 Å². The Bertz CT molecular complexity index is 899. The Morgan fingerprint density at radius 1 is 0.808 bits per heavy atom. The lowest BCUT2D eigenvalue weighted by Gasteiger charge is -2.09. The molecule has 2 N–H and O–H groups in total. The summed E-state index contributed by atoms with van der Waals surface area (Å²) in [6.45, 7) is 3.66. The summed E-state index contributed by atoms with van der Waals surface area (Å²) in [5, 5.41) is 0. The molecule has 2 rings (SSSR count). The van der Waals surface area contributed by atoms with Gasteiger partial charge in [-0.1, -0.05) is 35.4 Å². The summed E-state index contributed by atoms with van der Waals surface area (Å²) in [5.41, 5.74) is 3.85. The smallest absolute Gasteiger partial charge is 0.257 e. The monoisotopic (exact) mass is 396 g/mol. The SMILES string of the molecule is Cc1ccc(S(=O)(=O)CCC(=O)NNS(=O)(=O)c2ccc(C)cc2)cc1. The van der Waals surface area contributed by atoms with Crippen molar-refractivity contribution in [2.75, 3.05) is 5.75 Å². The van der Waals surface area contributed by atoms with Gasteiger partial charge >= 0.3 is 0 Å². The number of amides is 1. The van der Waals surface area contributed by atoms with E-state index < -0.39 is 31.5 Å². The van der Waals surface area contributed by atoms with Crippen LogP contribution in [0.1, 0.15) is 17.5 Å². The highest BCUT2D eigenvalue weighted by atomic mass is 32.2. The molecule has 0 heterocycles. The van der Waals surface area contributed by atoms with E-state index in [-0.39, 0.29) is 16.2 Å². The molecule has 0 radical (unpaired) electrons. The van der Waals surface area contributed by atoms with E-state index in [0.29, 0.717) is 0 Å². The molecular formula is C17H20N2O5S2. The zero-order valence-electron chi connectivity index (χ0n) is 14.4. The van der Waals surface area contributed by atoms with Gasteiger partial charge in [-0.2, -0.15) is 0 Å². The lowest BCUT2D eigenvalue weighted by atomic mass is 10.2. The molecule has 7 nitrogen and oxygen atoms in total. The van der Waals surface area contributed by atoms with Crippen LogP contribution in [0.25, 0.3) is 0 Å². The van der Waals surface area contributed by atoms with Gasteiger partial charge in [-0.15, -0.1) is 4.83 Å². The summed E-state index contributed by atoms with van der Waals surface area (Å²) < 4.78 is 48.5. The second kappa shape index (κ2) is 7.98. The number of carbonyl (C=O) groups excluding carboxylic acids is 1. The maximum atomic E-state index is 12.2. The van der Waals surface area contributed by atoms with Gasteiger partial charge in [0.05, 0.1) is 15.5 Å². The van der Waals surface area contributed by atoms with Gasteiger partial charge in [0.1, 0.15) is 0 Å². The van der Waals surface area contributed by atoms with E-state index in [1.54, 1.807) is 24.3 Å². The van der Waals surface area contributed by atoms with Crippen molar-refractivity contribution < 1.29 is 21.6 Å². The normalized spacial score (nSPS) is 11.9. The molecule has 2 aromatic rings. The van der Waals surface area contributed by atoms with Crippen molar-refractivity contribution in [1.29, 1.82) is 0 Å². The van der Waals surface area contributed by atoms with Crippen LogP contribution in [0.3, 0.4) is 0 Å². The van der Waals surface area contributed by atoms with Gasteiger partial charge in [-0.3, -0.25) is 10.2 Å². The lowest BCUT2D eigenvalue weighted by Crippen LogP contribution is -2.42. The first-order chi connectivity index (χ1) is 12.1. The molecule has 0 spiro atoms. The highest BCUT2D eigenvalue weighted by Gasteiger charge is 2.18. The van der Waals surface area contributed by atoms with Crippen LogP contribution in [0.4, 0.5) is 0 Å². The first-order valence-corrected chi connectivity index (χ1v) is 10.9. The van der Waals surface area contributed by atoms with Crippen LogP contribution >= 0.6 is 0 Å². The molecule has 0 unspecified atom stereocenters. The van der Waals surface area contributed by atoms with E-state index in [9.17, 15) is 21.6 Å². The second-order valence-electron chi connectivity index (χ2n) is 5.85. The summed E-state index contributed by atoms with van der Waals surface area (Å²) in [6.07, 6.45) is -0.368. The zero-order valence-corrected chi connectivity index (χ0v) is 16.0. The summed E-state index contributed by atoms with van der Waals surface area (Å²) in [7, 11) is -7.54. The Hall–Kier alpha value is -2.23. The predicted octanol–water partition coefficient (Wildman–Crippen LogP) is 1.48. The second-order valence-corrected chi connectivity index (χ2v) is 9.64. The van der Waals surface area contributed by atoms with Crippen molar-refractivity contribution in [3.63, 3.8) is 0 Å². The Morgan fingerprint density at radius 3 is 1.77 bits per heavy atom. The molecule has 0 aromatic heterocycles. The van der Waals surface area contributed by atoms with Gasteiger partial charge in [-0.25, -0.2) is 16.8 Å². The first-order valence-electron chi connectivity index (χ1n) is 7.77. The minimum absolute atomic E-state index is 0.00400. The van der Waals surface area contributed by atoms with E-state index in [2.05, 4.69) is 0 Å². The molecule has 0 aliphatic rings. The molecule has 0 fully saturated rings. The maximum absolute atomic E-state index is 12.2. The van der Waals surface area contributed by atoms with Crippen LogP contribution < -0.4 is 10.3 Å². The van der Waals surface area contributed by atoms with E-state index in [0.717, 1.165) is 11.1 Å². The quantitative estimate of drug-likeness (QED) is 0.689. The minimum atomic E-state index is -3.91. The van der Waals surface area contributed by atoms with Gasteiger partial charge < -0.3 is 0 Å². The third-order valence-electron chi connectivity index (χ3n) is 3.63. The molecule has 26 heavy (non-hydrogen) atoms. The topological polar surface area (TPSA) is 109 Å². The molecule has 9 heteroatoms. The van der Waals surface area contributed by atoms with Crippen molar-refractivity contribution in [3.8, 4) is 0 Å². The number of nitrogens with one attached hydrogen (secondary N) is 2. The van der Waals surface area contributed by atoms with E-state index in [1.165, 1.54) is 24.3 Å². The van der Waals surface area contributed by atoms with Gasteiger partial charge in [0.25, 0.3) is 10.0 Å². The van der Waals surface area contributed by atoms with Crippen LogP contribution in [-0.4, -0.2) is 28.5 Å². The number of aryl methyl sites for hydroxylation is 2. The molecule has 0 aliphatic heterocycles. The molecule has 0 atom stereocenters. The Labute approximate surface area is 153 Å². The molecule has 0 aliphatic carbocycles. The number of carbonyl (C=O) groups is 1. The molecule has 0 bridgehead atoms. The average molecular weight is 396 g/mol. The fraction of sp³-hybridized carbons (Fsp3) is 0.235. The highest BCUT2D eigenvalue weighted by Crippen LogP contribution is 2.13. The molecule has 2 aromatic carbocycles. The van der Waals surface area contributed by atoms with Gasteiger partial charge in [0, 0.05) is 6.42 Å². The molecule has 0 saturated heterocycles. The summed E-state index contributed by atoms with van der Waals surface area (Å²) in [4.78, 5) is 13.9. The van der Waals surface area contributed by atoms with Crippen LogP contribution in [0.15, 0.2) is 58.3 Å². The number of hydrogen-bond donors (Lipinski definition) is 2. The largest absolute Gasteiger partial charge is 0.278 e. The van der Waals surface area contributed by atoms with Crippen molar-refractivity contribution in [3.05, 3.63) is 59.7 Å². The fourth-order valence-corrected chi connectivity index (χ4v) is 4.15. The van der Waals surface area contributed by atoms with E-state index >= 15 is 0 Å². The molecule has 1 amide bonds. The van der Waals surface area contributed by atoms with Gasteiger partial charge in [0.15, 0.2) is 9.84 Å². The summed E-state index contributed by atoms with van der Waals surface area (Å²) >= 11 is 0. The number of sulfonamides is 1. The first kappa shape index (κ1) is 20.1. The average Bonchev–Trinajstić information content (AvgIpc) is 2.59. The minimum Gasteiger partial charge on any atom is -0.278 e. The molecule has 140 valence electrons. The van der Waals surface area contributed by atoms with Gasteiger partial charge in [0.2, 0.25) is 5.91 Å². The zero-order chi connectivity index (χ0) is 19.4. The Kier molecular flexibility index (Phi) is 6.17. The summed E-state index contributed by atoms with van der Waals surface area (Å²) in [5.74, 6) is -1.16. The van der Waals surface area contributed by atoms with Crippen LogP contribution in [0.5, 0.6) is 0 Å². The van der Waals surface area contributed by atoms with Crippen molar-refractivity contribution in [2.24, 2.45) is 0 Å². The third kappa shape index (κ3) is 5.38. The van der Waals surface area contributed by atoms with E-state index in [4.69, 9.17) is 0 Å². The predicted molar refractivity (Wildman–Crippen MR) is 97.5 cm³/mol. The Balaban J connectivity index is 1.92.